The van der Waals surface area contributed by atoms with Crippen LogP contribution in [0.2, 0.25) is 0 Å². The number of anilines is 1. The number of carboxylic acids is 1. The molecule has 0 aliphatic rings. The van der Waals surface area contributed by atoms with Gasteiger partial charge in [-0.15, -0.1) is 11.3 Å². The maximum absolute atomic E-state index is 13.2. The molecule has 1 aromatic carbocycles. The molecule has 3 aromatic rings. The van der Waals surface area contributed by atoms with E-state index < -0.39 is 17.3 Å². The summed E-state index contributed by atoms with van der Waals surface area (Å²) in [7, 11) is 0. The van der Waals surface area contributed by atoms with Crippen LogP contribution in [0.25, 0.3) is 10.2 Å². The standard InChI is InChI=1S/C14H10FN3O3S/c1-7-10-12(22-11(7)14(20)21)16-6-18(13(10)19)17-9-4-2-3-8(15)5-9/h2-6,17H,1H3,(H,20,21). The van der Waals surface area contributed by atoms with Crippen molar-refractivity contribution in [2.45, 2.75) is 6.92 Å². The van der Waals surface area contributed by atoms with Crippen LogP contribution in [0.5, 0.6) is 0 Å². The molecule has 0 spiro atoms. The Morgan fingerprint density at radius 1 is 1.45 bits per heavy atom. The number of thiophene rings is 1. The van der Waals surface area contributed by atoms with E-state index in [9.17, 15) is 14.0 Å². The Labute approximate surface area is 127 Å². The Morgan fingerprint density at radius 3 is 2.91 bits per heavy atom. The Hall–Kier alpha value is -2.74. The fourth-order valence-corrected chi connectivity index (χ4v) is 3.08. The van der Waals surface area contributed by atoms with Gasteiger partial charge in [0.2, 0.25) is 0 Å². The summed E-state index contributed by atoms with van der Waals surface area (Å²) in [5.41, 5.74) is 3.05. The largest absolute Gasteiger partial charge is 0.477 e. The van der Waals surface area contributed by atoms with Gasteiger partial charge in [0.25, 0.3) is 5.56 Å². The van der Waals surface area contributed by atoms with Crippen LogP contribution in [0, 0.1) is 12.7 Å². The molecule has 0 saturated heterocycles. The molecule has 2 aromatic heterocycles. The molecule has 2 N–H and O–H groups in total. The lowest BCUT2D eigenvalue weighted by Crippen LogP contribution is -2.26. The second-order valence-corrected chi connectivity index (χ2v) is 5.58. The van der Waals surface area contributed by atoms with E-state index in [1.54, 1.807) is 13.0 Å². The monoisotopic (exact) mass is 319 g/mol. The molecule has 2 heterocycles. The van der Waals surface area contributed by atoms with Crippen LogP contribution in [0.4, 0.5) is 10.1 Å². The second-order valence-electron chi connectivity index (χ2n) is 4.58. The number of aromatic nitrogens is 2. The summed E-state index contributed by atoms with van der Waals surface area (Å²) < 4.78 is 14.3. The van der Waals surface area contributed by atoms with Crippen LogP contribution in [-0.4, -0.2) is 20.7 Å². The van der Waals surface area contributed by atoms with Crippen molar-refractivity contribution < 1.29 is 14.3 Å². The van der Waals surface area contributed by atoms with Gasteiger partial charge < -0.3 is 5.11 Å². The summed E-state index contributed by atoms with van der Waals surface area (Å²) in [6.07, 6.45) is 1.25. The molecule has 0 bridgehead atoms. The maximum Gasteiger partial charge on any atom is 0.346 e. The SMILES string of the molecule is Cc1c(C(=O)O)sc2ncn(Nc3cccc(F)c3)c(=O)c12. The summed E-state index contributed by atoms with van der Waals surface area (Å²) in [5.74, 6) is -1.53. The Morgan fingerprint density at radius 2 is 2.23 bits per heavy atom. The Bertz CT molecular complexity index is 948. The average molecular weight is 319 g/mol. The molecule has 0 saturated carbocycles. The van der Waals surface area contributed by atoms with Crippen molar-refractivity contribution in [3.05, 3.63) is 57.2 Å². The van der Waals surface area contributed by atoms with Crippen molar-refractivity contribution in [3.63, 3.8) is 0 Å². The van der Waals surface area contributed by atoms with Crippen LogP contribution in [0.15, 0.2) is 35.4 Å². The fraction of sp³-hybridized carbons (Fsp3) is 0.0714. The van der Waals surface area contributed by atoms with Gasteiger partial charge in [0.15, 0.2) is 0 Å². The molecular weight excluding hydrogens is 309 g/mol. The topological polar surface area (TPSA) is 84.2 Å². The number of hydrogen-bond donors (Lipinski definition) is 2. The molecule has 6 nitrogen and oxygen atoms in total. The minimum Gasteiger partial charge on any atom is -0.477 e. The Kier molecular flexibility index (Phi) is 3.38. The first-order valence-corrected chi connectivity index (χ1v) is 7.05. The molecule has 0 unspecified atom stereocenters. The zero-order valence-electron chi connectivity index (χ0n) is 11.3. The van der Waals surface area contributed by atoms with Gasteiger partial charge in [-0.25, -0.2) is 18.8 Å². The predicted molar refractivity (Wildman–Crippen MR) is 81.0 cm³/mol. The first kappa shape index (κ1) is 14.2. The zero-order valence-corrected chi connectivity index (χ0v) is 12.1. The number of carboxylic acid groups (broad SMARTS) is 1. The number of rotatable bonds is 3. The highest BCUT2D eigenvalue weighted by Crippen LogP contribution is 2.26. The molecule has 0 aliphatic carbocycles. The quantitative estimate of drug-likeness (QED) is 0.775. The first-order valence-electron chi connectivity index (χ1n) is 6.24. The predicted octanol–water partition coefficient (Wildman–Crippen LogP) is 2.48. The number of carbonyl (C=O) groups is 1. The van der Waals surface area contributed by atoms with Crippen molar-refractivity contribution in [2.75, 3.05) is 5.43 Å². The van der Waals surface area contributed by atoms with Crippen LogP contribution in [0.1, 0.15) is 15.2 Å². The number of benzene rings is 1. The molecule has 0 atom stereocenters. The van der Waals surface area contributed by atoms with Gasteiger partial charge in [0.1, 0.15) is 21.9 Å². The highest BCUT2D eigenvalue weighted by molar-refractivity contribution is 7.20. The third-order valence-corrected chi connectivity index (χ3v) is 4.31. The lowest BCUT2D eigenvalue weighted by molar-refractivity contribution is 0.0701. The van der Waals surface area contributed by atoms with Crippen molar-refractivity contribution >= 4 is 33.2 Å². The van der Waals surface area contributed by atoms with E-state index in [4.69, 9.17) is 5.11 Å². The molecule has 0 amide bonds. The molecule has 3 rings (SSSR count). The molecule has 0 fully saturated rings. The summed E-state index contributed by atoms with van der Waals surface area (Å²) in [5, 5.41) is 9.35. The lowest BCUT2D eigenvalue weighted by atomic mass is 10.2. The highest BCUT2D eigenvalue weighted by atomic mass is 32.1. The van der Waals surface area contributed by atoms with Crippen molar-refractivity contribution in [3.8, 4) is 0 Å². The van der Waals surface area contributed by atoms with Crippen LogP contribution >= 0.6 is 11.3 Å². The summed E-state index contributed by atoms with van der Waals surface area (Å²) in [6.45, 7) is 1.57. The number of fused-ring (bicyclic) bond motifs is 1. The van der Waals surface area contributed by atoms with Gasteiger partial charge in [0.05, 0.1) is 11.1 Å². The Balaban J connectivity index is 2.12. The zero-order chi connectivity index (χ0) is 15.9. The molecule has 0 radical (unpaired) electrons. The third-order valence-electron chi connectivity index (χ3n) is 3.12. The highest BCUT2D eigenvalue weighted by Gasteiger charge is 2.18. The third kappa shape index (κ3) is 2.33. The van der Waals surface area contributed by atoms with E-state index in [0.29, 0.717) is 16.1 Å². The van der Waals surface area contributed by atoms with Crippen molar-refractivity contribution in [1.82, 2.24) is 9.66 Å². The average Bonchev–Trinajstić information content (AvgIpc) is 2.80. The van der Waals surface area contributed by atoms with Gasteiger partial charge in [-0.05, 0) is 30.7 Å². The molecule has 112 valence electrons. The van der Waals surface area contributed by atoms with Gasteiger partial charge in [0, 0.05) is 0 Å². The summed E-state index contributed by atoms with van der Waals surface area (Å²) >= 11 is 0.952. The van der Waals surface area contributed by atoms with Crippen LogP contribution in [-0.2, 0) is 0 Å². The van der Waals surface area contributed by atoms with E-state index in [2.05, 4.69) is 10.4 Å². The lowest BCUT2D eigenvalue weighted by Gasteiger charge is -2.08. The fourth-order valence-electron chi connectivity index (χ4n) is 2.10. The number of nitrogens with one attached hydrogen (secondary N) is 1. The van der Waals surface area contributed by atoms with Gasteiger partial charge in [-0.2, -0.15) is 0 Å². The van der Waals surface area contributed by atoms with E-state index in [0.717, 1.165) is 16.0 Å². The van der Waals surface area contributed by atoms with Gasteiger partial charge >= 0.3 is 5.97 Å². The van der Waals surface area contributed by atoms with Gasteiger partial charge in [-0.1, -0.05) is 6.07 Å². The molecule has 0 aliphatic heterocycles. The van der Waals surface area contributed by atoms with Crippen molar-refractivity contribution in [2.24, 2.45) is 0 Å². The van der Waals surface area contributed by atoms with E-state index in [-0.39, 0.29) is 10.3 Å². The number of aromatic carboxylic acids is 1. The van der Waals surface area contributed by atoms with Crippen molar-refractivity contribution in [1.29, 1.82) is 0 Å². The molecule has 22 heavy (non-hydrogen) atoms. The minimum absolute atomic E-state index is 0.0862. The maximum atomic E-state index is 13.2. The van der Waals surface area contributed by atoms with Crippen LogP contribution in [0.3, 0.4) is 0 Å². The first-order chi connectivity index (χ1) is 10.5. The van der Waals surface area contributed by atoms with Crippen LogP contribution < -0.4 is 11.0 Å². The normalized spacial score (nSPS) is 10.8. The number of halogens is 1. The number of nitrogens with zero attached hydrogens (tertiary/aromatic N) is 2. The van der Waals surface area contributed by atoms with E-state index in [1.807, 2.05) is 0 Å². The molecule has 8 heteroatoms. The number of aryl methyl sites for hydroxylation is 1. The van der Waals surface area contributed by atoms with E-state index in [1.165, 1.54) is 24.5 Å². The number of hydrogen-bond acceptors (Lipinski definition) is 5. The summed E-state index contributed by atoms with van der Waals surface area (Å²) in [4.78, 5) is 28.1. The smallest absolute Gasteiger partial charge is 0.346 e. The second kappa shape index (κ2) is 5.23. The van der Waals surface area contributed by atoms with E-state index >= 15 is 0 Å². The summed E-state index contributed by atoms with van der Waals surface area (Å²) in [6, 6.07) is 5.63. The minimum atomic E-state index is -1.09. The van der Waals surface area contributed by atoms with Gasteiger partial charge in [-0.3, -0.25) is 10.2 Å². The molecular formula is C14H10FN3O3S.